The van der Waals surface area contributed by atoms with E-state index < -0.39 is 0 Å². The van der Waals surface area contributed by atoms with Crippen molar-refractivity contribution >= 4 is 11.6 Å². The third-order valence-corrected chi connectivity index (χ3v) is 4.42. The smallest absolute Gasteiger partial charge is 0.272 e. The van der Waals surface area contributed by atoms with Crippen LogP contribution in [0.25, 0.3) is 0 Å². The summed E-state index contributed by atoms with van der Waals surface area (Å²) in [5.74, 6) is 1.16. The zero-order chi connectivity index (χ0) is 15.4. The van der Waals surface area contributed by atoms with E-state index in [1.165, 1.54) is 6.42 Å². The molecule has 21 heavy (non-hydrogen) atoms. The molecular formula is C17H27N3O. The Kier molecular flexibility index (Phi) is 5.21. The van der Waals surface area contributed by atoms with Gasteiger partial charge < -0.3 is 10.2 Å². The van der Waals surface area contributed by atoms with Gasteiger partial charge >= 0.3 is 0 Å². The van der Waals surface area contributed by atoms with Crippen molar-refractivity contribution in [2.24, 2.45) is 11.8 Å². The van der Waals surface area contributed by atoms with Crippen LogP contribution in [0.1, 0.15) is 51.0 Å². The van der Waals surface area contributed by atoms with Crippen molar-refractivity contribution in [2.75, 3.05) is 18.4 Å². The van der Waals surface area contributed by atoms with E-state index in [1.54, 1.807) is 6.20 Å². The average Bonchev–Trinajstić information content (AvgIpc) is 2.48. The van der Waals surface area contributed by atoms with Gasteiger partial charge in [0.15, 0.2) is 0 Å². The molecule has 1 aliphatic rings. The van der Waals surface area contributed by atoms with E-state index in [9.17, 15) is 4.79 Å². The van der Waals surface area contributed by atoms with E-state index in [1.807, 2.05) is 17.0 Å². The minimum absolute atomic E-state index is 0.0583. The van der Waals surface area contributed by atoms with E-state index >= 15 is 0 Å². The quantitative estimate of drug-likeness (QED) is 0.924. The molecule has 116 valence electrons. The molecule has 0 aromatic carbocycles. The zero-order valence-corrected chi connectivity index (χ0v) is 13.6. The third kappa shape index (κ3) is 3.74. The molecule has 1 aliphatic heterocycles. The van der Waals surface area contributed by atoms with Crippen molar-refractivity contribution in [3.05, 3.63) is 24.0 Å². The predicted octanol–water partition coefficient (Wildman–Crippen LogP) is 3.41. The minimum atomic E-state index is 0.0583. The molecule has 3 atom stereocenters. The van der Waals surface area contributed by atoms with E-state index in [-0.39, 0.29) is 11.9 Å². The second-order valence-electron chi connectivity index (χ2n) is 6.38. The highest BCUT2D eigenvalue weighted by Crippen LogP contribution is 2.28. The fourth-order valence-corrected chi connectivity index (χ4v) is 3.02. The Bertz CT molecular complexity index is 471. The van der Waals surface area contributed by atoms with Crippen molar-refractivity contribution in [3.8, 4) is 0 Å². The molecule has 2 heterocycles. The molecule has 4 nitrogen and oxygen atoms in total. The normalized spacial score (nSPS) is 25.7. The number of hydrogen-bond donors (Lipinski definition) is 1. The molecule has 3 unspecified atom stereocenters. The van der Waals surface area contributed by atoms with Gasteiger partial charge in [-0.05, 0) is 43.7 Å². The summed E-state index contributed by atoms with van der Waals surface area (Å²) in [6.45, 7) is 10.5. The first kappa shape index (κ1) is 15.8. The fraction of sp³-hybridized carbons (Fsp3) is 0.647. The Labute approximate surface area is 127 Å². The Morgan fingerprint density at radius 2 is 2.14 bits per heavy atom. The van der Waals surface area contributed by atoms with Crippen molar-refractivity contribution in [3.63, 3.8) is 0 Å². The number of rotatable bonds is 4. The van der Waals surface area contributed by atoms with Gasteiger partial charge in [-0.2, -0.15) is 0 Å². The first-order valence-electron chi connectivity index (χ1n) is 8.03. The second-order valence-corrected chi connectivity index (χ2v) is 6.38. The van der Waals surface area contributed by atoms with Crippen molar-refractivity contribution in [1.29, 1.82) is 0 Å². The summed E-state index contributed by atoms with van der Waals surface area (Å²) in [4.78, 5) is 19.0. The molecule has 1 amide bonds. The number of likely N-dealkylation sites (tertiary alicyclic amines) is 1. The Morgan fingerprint density at radius 3 is 2.76 bits per heavy atom. The number of anilines is 1. The highest BCUT2D eigenvalue weighted by molar-refractivity contribution is 5.92. The molecule has 1 aromatic rings. The molecule has 0 aliphatic carbocycles. The fourth-order valence-electron chi connectivity index (χ4n) is 3.02. The maximum atomic E-state index is 12.7. The van der Waals surface area contributed by atoms with E-state index in [4.69, 9.17) is 0 Å². The lowest BCUT2D eigenvalue weighted by atomic mass is 9.86. The van der Waals surface area contributed by atoms with Gasteiger partial charge in [0.2, 0.25) is 0 Å². The van der Waals surface area contributed by atoms with Crippen LogP contribution in [0.5, 0.6) is 0 Å². The van der Waals surface area contributed by atoms with Crippen LogP contribution in [0.2, 0.25) is 0 Å². The van der Waals surface area contributed by atoms with E-state index in [0.717, 1.165) is 25.2 Å². The number of hydrogen-bond acceptors (Lipinski definition) is 3. The second kappa shape index (κ2) is 6.92. The van der Waals surface area contributed by atoms with Gasteiger partial charge in [0, 0.05) is 19.1 Å². The Balaban J connectivity index is 2.08. The number of nitrogens with one attached hydrogen (secondary N) is 1. The Morgan fingerprint density at radius 1 is 1.38 bits per heavy atom. The molecular weight excluding hydrogens is 262 g/mol. The minimum Gasteiger partial charge on any atom is -0.384 e. The molecule has 4 heteroatoms. The van der Waals surface area contributed by atoms with Crippen molar-refractivity contribution in [2.45, 2.75) is 46.6 Å². The average molecular weight is 289 g/mol. The molecule has 1 aromatic heterocycles. The number of piperidine rings is 1. The summed E-state index contributed by atoms with van der Waals surface area (Å²) in [5.41, 5.74) is 1.52. The van der Waals surface area contributed by atoms with Gasteiger partial charge in [0.25, 0.3) is 5.91 Å². The number of carbonyl (C=O) groups excluding carboxylic acids is 1. The zero-order valence-electron chi connectivity index (χ0n) is 13.6. The van der Waals surface area contributed by atoms with Crippen LogP contribution in [-0.2, 0) is 0 Å². The maximum Gasteiger partial charge on any atom is 0.272 e. The van der Waals surface area contributed by atoms with Gasteiger partial charge in [0.1, 0.15) is 5.69 Å². The molecule has 2 rings (SSSR count). The highest BCUT2D eigenvalue weighted by atomic mass is 16.2. The van der Waals surface area contributed by atoms with Gasteiger partial charge in [-0.1, -0.05) is 20.8 Å². The summed E-state index contributed by atoms with van der Waals surface area (Å²) < 4.78 is 0. The number of amides is 1. The van der Waals surface area contributed by atoms with Crippen LogP contribution in [0.4, 0.5) is 5.69 Å². The van der Waals surface area contributed by atoms with Gasteiger partial charge in [-0.3, -0.25) is 4.79 Å². The van der Waals surface area contributed by atoms with Gasteiger partial charge in [-0.15, -0.1) is 0 Å². The SMILES string of the molecule is CCCNc1ccc(C(=O)N2CC(C)CC(C)C2C)nc1. The number of carbonyl (C=O) groups is 1. The topological polar surface area (TPSA) is 45.2 Å². The summed E-state index contributed by atoms with van der Waals surface area (Å²) in [6.07, 6.45) is 4.02. The standard InChI is InChI=1S/C17H27N3O/c1-5-8-18-15-6-7-16(19-10-15)17(21)20-11-12(2)9-13(3)14(20)4/h6-7,10,12-14,18H,5,8-9,11H2,1-4H3. The third-order valence-electron chi connectivity index (χ3n) is 4.42. The van der Waals surface area contributed by atoms with E-state index in [2.05, 4.69) is 38.0 Å². The molecule has 0 saturated carbocycles. The number of aromatic nitrogens is 1. The summed E-state index contributed by atoms with van der Waals surface area (Å²) in [7, 11) is 0. The van der Waals surface area contributed by atoms with Crippen molar-refractivity contribution < 1.29 is 4.79 Å². The first-order chi connectivity index (χ1) is 10.0. The monoisotopic (exact) mass is 289 g/mol. The largest absolute Gasteiger partial charge is 0.384 e. The molecule has 1 fully saturated rings. The molecule has 0 spiro atoms. The number of pyridine rings is 1. The van der Waals surface area contributed by atoms with Gasteiger partial charge in [-0.25, -0.2) is 4.98 Å². The predicted molar refractivity (Wildman–Crippen MR) is 86.5 cm³/mol. The molecule has 1 saturated heterocycles. The molecule has 1 N–H and O–H groups in total. The molecule has 0 radical (unpaired) electrons. The maximum absolute atomic E-state index is 12.7. The van der Waals surface area contributed by atoms with E-state index in [0.29, 0.717) is 17.5 Å². The van der Waals surface area contributed by atoms with Gasteiger partial charge in [0.05, 0.1) is 11.9 Å². The van der Waals surface area contributed by atoms with Crippen LogP contribution in [-0.4, -0.2) is 34.9 Å². The Hall–Kier alpha value is -1.58. The molecule has 0 bridgehead atoms. The van der Waals surface area contributed by atoms with Crippen LogP contribution in [0, 0.1) is 11.8 Å². The number of nitrogens with zero attached hydrogens (tertiary/aromatic N) is 2. The lowest BCUT2D eigenvalue weighted by Gasteiger charge is -2.40. The summed E-state index contributed by atoms with van der Waals surface area (Å²) >= 11 is 0. The first-order valence-corrected chi connectivity index (χ1v) is 8.03. The highest BCUT2D eigenvalue weighted by Gasteiger charge is 2.32. The lowest BCUT2D eigenvalue weighted by Crippen LogP contribution is -2.49. The van der Waals surface area contributed by atoms with Crippen LogP contribution in [0.3, 0.4) is 0 Å². The van der Waals surface area contributed by atoms with Crippen LogP contribution in [0.15, 0.2) is 18.3 Å². The summed E-state index contributed by atoms with van der Waals surface area (Å²) in [5, 5.41) is 3.28. The van der Waals surface area contributed by atoms with Crippen LogP contribution < -0.4 is 5.32 Å². The van der Waals surface area contributed by atoms with Crippen LogP contribution >= 0.6 is 0 Å². The lowest BCUT2D eigenvalue weighted by molar-refractivity contribution is 0.0450. The van der Waals surface area contributed by atoms with Crippen molar-refractivity contribution in [1.82, 2.24) is 9.88 Å². The summed E-state index contributed by atoms with van der Waals surface area (Å²) in [6, 6.07) is 4.06.